The number of benzene rings is 1. The lowest BCUT2D eigenvalue weighted by Gasteiger charge is -2.05. The number of aryl methyl sites for hydroxylation is 1. The molecule has 1 amide bonds. The van der Waals surface area contributed by atoms with Crippen molar-refractivity contribution in [1.29, 1.82) is 0 Å². The standard InChI is InChI=1S/C16H16N2O2/c1-12-6-5-9-15(17-12)18-16(20)11-10-14(19)13-7-3-2-4-8-13/h2-9H,10-11H2,1H3,(H,17,18,20). The summed E-state index contributed by atoms with van der Waals surface area (Å²) >= 11 is 0. The van der Waals surface area contributed by atoms with Gasteiger partial charge in [0, 0.05) is 24.1 Å². The number of hydrogen-bond donors (Lipinski definition) is 1. The molecule has 2 aromatic rings. The summed E-state index contributed by atoms with van der Waals surface area (Å²) in [4.78, 5) is 27.8. The zero-order valence-corrected chi connectivity index (χ0v) is 11.3. The molecule has 1 aromatic carbocycles. The van der Waals surface area contributed by atoms with Gasteiger partial charge in [-0.2, -0.15) is 0 Å². The van der Waals surface area contributed by atoms with E-state index in [4.69, 9.17) is 0 Å². The highest BCUT2D eigenvalue weighted by Gasteiger charge is 2.09. The minimum atomic E-state index is -0.201. The van der Waals surface area contributed by atoms with Crippen LogP contribution in [0.4, 0.5) is 5.82 Å². The number of nitrogens with zero attached hydrogens (tertiary/aromatic N) is 1. The fourth-order valence-electron chi connectivity index (χ4n) is 1.81. The Bertz CT molecular complexity index is 609. The third kappa shape index (κ3) is 4.02. The lowest BCUT2D eigenvalue weighted by molar-refractivity contribution is -0.116. The lowest BCUT2D eigenvalue weighted by Crippen LogP contribution is -2.14. The number of Topliss-reactive ketones (excluding diaryl/α,β-unsaturated/α-hetero) is 1. The fraction of sp³-hybridized carbons (Fsp3) is 0.188. The van der Waals surface area contributed by atoms with Crippen LogP contribution in [0.2, 0.25) is 0 Å². The number of rotatable bonds is 5. The van der Waals surface area contributed by atoms with Crippen LogP contribution in [0.5, 0.6) is 0 Å². The second kappa shape index (κ2) is 6.61. The Hall–Kier alpha value is -2.49. The van der Waals surface area contributed by atoms with Gasteiger partial charge in [-0.3, -0.25) is 9.59 Å². The second-order valence-corrected chi connectivity index (χ2v) is 4.50. The molecule has 1 N–H and O–H groups in total. The van der Waals surface area contributed by atoms with Crippen LogP contribution < -0.4 is 5.32 Å². The van der Waals surface area contributed by atoms with Gasteiger partial charge in [0.1, 0.15) is 5.82 Å². The van der Waals surface area contributed by atoms with E-state index < -0.39 is 0 Å². The maximum absolute atomic E-state index is 11.9. The summed E-state index contributed by atoms with van der Waals surface area (Å²) in [7, 11) is 0. The molecular formula is C16H16N2O2. The molecule has 1 heterocycles. The molecule has 0 atom stereocenters. The Morgan fingerprint density at radius 3 is 2.45 bits per heavy atom. The molecule has 2 rings (SSSR count). The van der Waals surface area contributed by atoms with Crippen molar-refractivity contribution in [3.63, 3.8) is 0 Å². The average molecular weight is 268 g/mol. The van der Waals surface area contributed by atoms with Crippen LogP contribution in [0, 0.1) is 6.92 Å². The van der Waals surface area contributed by atoms with Gasteiger partial charge in [-0.15, -0.1) is 0 Å². The van der Waals surface area contributed by atoms with Crippen LogP contribution in [-0.2, 0) is 4.79 Å². The summed E-state index contributed by atoms with van der Waals surface area (Å²) in [6, 6.07) is 14.4. The minimum Gasteiger partial charge on any atom is -0.311 e. The number of carbonyl (C=O) groups is 2. The molecule has 1 aromatic heterocycles. The van der Waals surface area contributed by atoms with E-state index in [1.165, 1.54) is 0 Å². The molecule has 0 spiro atoms. The Kier molecular flexibility index (Phi) is 4.60. The monoisotopic (exact) mass is 268 g/mol. The molecule has 0 aliphatic heterocycles. The molecule has 0 fully saturated rings. The number of nitrogens with one attached hydrogen (secondary N) is 1. The summed E-state index contributed by atoms with van der Waals surface area (Å²) in [5, 5.41) is 2.69. The highest BCUT2D eigenvalue weighted by Crippen LogP contribution is 2.08. The van der Waals surface area contributed by atoms with Crippen molar-refractivity contribution in [3.05, 3.63) is 59.8 Å². The van der Waals surface area contributed by atoms with Crippen molar-refractivity contribution < 1.29 is 9.59 Å². The predicted molar refractivity (Wildman–Crippen MR) is 77.6 cm³/mol. The molecule has 0 unspecified atom stereocenters. The molecule has 0 aliphatic rings. The van der Waals surface area contributed by atoms with Gasteiger partial charge in [0.2, 0.25) is 5.91 Å². The number of aromatic nitrogens is 1. The van der Waals surface area contributed by atoms with Crippen LogP contribution in [0.3, 0.4) is 0 Å². The smallest absolute Gasteiger partial charge is 0.225 e. The van der Waals surface area contributed by atoms with Gasteiger partial charge >= 0.3 is 0 Å². The van der Waals surface area contributed by atoms with Crippen LogP contribution >= 0.6 is 0 Å². The molecule has 102 valence electrons. The molecule has 0 aliphatic carbocycles. The number of pyridine rings is 1. The zero-order chi connectivity index (χ0) is 14.4. The lowest BCUT2D eigenvalue weighted by atomic mass is 10.1. The fourth-order valence-corrected chi connectivity index (χ4v) is 1.81. The zero-order valence-electron chi connectivity index (χ0n) is 11.3. The Balaban J connectivity index is 1.85. The van der Waals surface area contributed by atoms with Gasteiger partial charge in [0.05, 0.1) is 0 Å². The number of carbonyl (C=O) groups excluding carboxylic acids is 2. The van der Waals surface area contributed by atoms with Gasteiger partial charge < -0.3 is 5.32 Å². The van der Waals surface area contributed by atoms with E-state index in [1.54, 1.807) is 18.2 Å². The first-order chi connectivity index (χ1) is 9.65. The molecule has 0 radical (unpaired) electrons. The Morgan fingerprint density at radius 2 is 1.75 bits per heavy atom. The largest absolute Gasteiger partial charge is 0.311 e. The van der Waals surface area contributed by atoms with E-state index >= 15 is 0 Å². The number of amides is 1. The van der Waals surface area contributed by atoms with Crippen LogP contribution in [-0.4, -0.2) is 16.7 Å². The SMILES string of the molecule is Cc1cccc(NC(=O)CCC(=O)c2ccccc2)n1. The van der Waals surface area contributed by atoms with E-state index in [9.17, 15) is 9.59 Å². The van der Waals surface area contributed by atoms with E-state index in [1.807, 2.05) is 37.3 Å². The maximum atomic E-state index is 11.9. The first-order valence-corrected chi connectivity index (χ1v) is 6.47. The van der Waals surface area contributed by atoms with Crippen molar-refractivity contribution >= 4 is 17.5 Å². The molecule has 4 heteroatoms. The summed E-state index contributed by atoms with van der Waals surface area (Å²) in [5.41, 5.74) is 1.47. The molecule has 20 heavy (non-hydrogen) atoms. The molecule has 0 saturated heterocycles. The third-order valence-electron chi connectivity index (χ3n) is 2.83. The van der Waals surface area contributed by atoms with Crippen molar-refractivity contribution in [2.45, 2.75) is 19.8 Å². The van der Waals surface area contributed by atoms with Gasteiger partial charge in [-0.25, -0.2) is 4.98 Å². The minimum absolute atomic E-state index is 0.0297. The van der Waals surface area contributed by atoms with E-state index in [2.05, 4.69) is 10.3 Å². The second-order valence-electron chi connectivity index (χ2n) is 4.50. The summed E-state index contributed by atoms with van der Waals surface area (Å²) in [5.74, 6) is 0.285. The van der Waals surface area contributed by atoms with Crippen LogP contribution in [0.25, 0.3) is 0 Å². The van der Waals surface area contributed by atoms with Gasteiger partial charge in [0.15, 0.2) is 5.78 Å². The van der Waals surface area contributed by atoms with E-state index in [0.29, 0.717) is 11.4 Å². The Morgan fingerprint density at radius 1 is 1.00 bits per heavy atom. The van der Waals surface area contributed by atoms with Gasteiger partial charge in [0.25, 0.3) is 0 Å². The van der Waals surface area contributed by atoms with Crippen molar-refractivity contribution in [1.82, 2.24) is 4.98 Å². The highest BCUT2D eigenvalue weighted by atomic mass is 16.2. The molecule has 0 saturated carbocycles. The summed E-state index contributed by atoms with van der Waals surface area (Å²) in [6.45, 7) is 1.86. The van der Waals surface area contributed by atoms with Crippen molar-refractivity contribution in [2.75, 3.05) is 5.32 Å². The third-order valence-corrected chi connectivity index (χ3v) is 2.83. The van der Waals surface area contributed by atoms with Gasteiger partial charge in [-0.05, 0) is 19.1 Å². The van der Waals surface area contributed by atoms with Crippen molar-refractivity contribution in [2.24, 2.45) is 0 Å². The van der Waals surface area contributed by atoms with Crippen LogP contribution in [0.15, 0.2) is 48.5 Å². The van der Waals surface area contributed by atoms with Crippen LogP contribution in [0.1, 0.15) is 28.9 Å². The molecular weight excluding hydrogens is 252 g/mol. The average Bonchev–Trinajstić information content (AvgIpc) is 2.46. The first-order valence-electron chi connectivity index (χ1n) is 6.47. The number of anilines is 1. The topological polar surface area (TPSA) is 59.1 Å². The highest BCUT2D eigenvalue weighted by molar-refractivity contribution is 5.99. The van der Waals surface area contributed by atoms with Gasteiger partial charge in [-0.1, -0.05) is 36.4 Å². The van der Waals surface area contributed by atoms with E-state index in [0.717, 1.165) is 5.69 Å². The maximum Gasteiger partial charge on any atom is 0.225 e. The Labute approximate surface area is 117 Å². The normalized spacial score (nSPS) is 10.1. The number of ketones is 1. The molecule has 4 nitrogen and oxygen atoms in total. The van der Waals surface area contributed by atoms with Crippen molar-refractivity contribution in [3.8, 4) is 0 Å². The molecule has 0 bridgehead atoms. The summed E-state index contributed by atoms with van der Waals surface area (Å²) < 4.78 is 0. The summed E-state index contributed by atoms with van der Waals surface area (Å²) in [6.07, 6.45) is 0.352. The predicted octanol–water partition coefficient (Wildman–Crippen LogP) is 2.99. The van der Waals surface area contributed by atoms with E-state index in [-0.39, 0.29) is 24.5 Å². The number of hydrogen-bond acceptors (Lipinski definition) is 3. The quantitative estimate of drug-likeness (QED) is 0.848. The first kappa shape index (κ1) is 13.9.